The van der Waals surface area contributed by atoms with Gasteiger partial charge in [-0.15, -0.1) is 0 Å². The van der Waals surface area contributed by atoms with Crippen LogP contribution in [0.1, 0.15) is 19.8 Å². The van der Waals surface area contributed by atoms with E-state index in [1.54, 1.807) is 6.92 Å². The zero-order chi connectivity index (χ0) is 9.56. The van der Waals surface area contributed by atoms with Crippen molar-refractivity contribution in [3.63, 3.8) is 0 Å². The Morgan fingerprint density at radius 3 is 2.42 bits per heavy atom. The standard InChI is InChI=1S/C9H17NO2/c1-8(12)6-9(4-5-11)7-10(2)3/h5,9H,4,6-7H2,1-3H3. The molecule has 0 aliphatic heterocycles. The molecule has 0 bridgehead atoms. The molecule has 0 saturated carbocycles. The normalized spacial score (nSPS) is 13.0. The van der Waals surface area contributed by atoms with Gasteiger partial charge in [0.15, 0.2) is 0 Å². The van der Waals surface area contributed by atoms with Crippen molar-refractivity contribution in [1.29, 1.82) is 0 Å². The maximum atomic E-state index is 10.8. The second-order valence-corrected chi connectivity index (χ2v) is 3.44. The third-order valence-corrected chi connectivity index (χ3v) is 1.63. The van der Waals surface area contributed by atoms with Gasteiger partial charge < -0.3 is 14.5 Å². The minimum absolute atomic E-state index is 0.156. The molecule has 0 amide bonds. The van der Waals surface area contributed by atoms with Gasteiger partial charge in [0, 0.05) is 19.4 Å². The Morgan fingerprint density at radius 2 is 2.08 bits per heavy atom. The van der Waals surface area contributed by atoms with Crippen LogP contribution in [0.5, 0.6) is 0 Å². The number of rotatable bonds is 6. The first-order valence-corrected chi connectivity index (χ1v) is 4.14. The molecular formula is C9H17NO2. The summed E-state index contributed by atoms with van der Waals surface area (Å²) in [5.74, 6) is 0.346. The molecule has 1 atom stereocenters. The lowest BCUT2D eigenvalue weighted by Gasteiger charge is -2.17. The average molecular weight is 171 g/mol. The maximum Gasteiger partial charge on any atom is 0.130 e. The van der Waals surface area contributed by atoms with Crippen molar-refractivity contribution in [2.24, 2.45) is 5.92 Å². The van der Waals surface area contributed by atoms with Gasteiger partial charge in [0.2, 0.25) is 0 Å². The van der Waals surface area contributed by atoms with Crippen molar-refractivity contribution in [1.82, 2.24) is 4.90 Å². The van der Waals surface area contributed by atoms with Crippen LogP contribution in [0, 0.1) is 5.92 Å². The van der Waals surface area contributed by atoms with Crippen LogP contribution in [0.25, 0.3) is 0 Å². The first kappa shape index (κ1) is 11.3. The molecule has 0 aliphatic rings. The molecule has 0 rings (SSSR count). The van der Waals surface area contributed by atoms with Crippen molar-refractivity contribution < 1.29 is 9.59 Å². The average Bonchev–Trinajstić information content (AvgIpc) is 1.84. The molecule has 0 aromatic heterocycles. The Hall–Kier alpha value is -0.700. The maximum absolute atomic E-state index is 10.8. The SMILES string of the molecule is CC(=O)CC(CC=O)CN(C)C. The highest BCUT2D eigenvalue weighted by Gasteiger charge is 2.11. The fourth-order valence-electron chi connectivity index (χ4n) is 1.28. The van der Waals surface area contributed by atoms with Crippen molar-refractivity contribution in [2.45, 2.75) is 19.8 Å². The third-order valence-electron chi connectivity index (χ3n) is 1.63. The van der Waals surface area contributed by atoms with Gasteiger partial charge in [-0.3, -0.25) is 0 Å². The predicted molar refractivity (Wildman–Crippen MR) is 48.0 cm³/mol. The number of carbonyl (C=O) groups excluding carboxylic acids is 2. The molecule has 0 saturated heterocycles. The largest absolute Gasteiger partial charge is 0.309 e. The highest BCUT2D eigenvalue weighted by atomic mass is 16.1. The van der Waals surface area contributed by atoms with Gasteiger partial charge in [-0.2, -0.15) is 0 Å². The summed E-state index contributed by atoms with van der Waals surface area (Å²) in [6, 6.07) is 0. The summed E-state index contributed by atoms with van der Waals surface area (Å²) < 4.78 is 0. The van der Waals surface area contributed by atoms with Crippen molar-refractivity contribution in [3.8, 4) is 0 Å². The zero-order valence-electron chi connectivity index (χ0n) is 8.04. The van der Waals surface area contributed by atoms with Gasteiger partial charge in [0.1, 0.15) is 12.1 Å². The van der Waals surface area contributed by atoms with Crippen LogP contribution in [0.4, 0.5) is 0 Å². The summed E-state index contributed by atoms with van der Waals surface area (Å²) in [5.41, 5.74) is 0. The molecule has 0 aliphatic carbocycles. The molecule has 0 aromatic carbocycles. The summed E-state index contributed by atoms with van der Waals surface area (Å²) in [7, 11) is 3.88. The summed E-state index contributed by atoms with van der Waals surface area (Å²) in [6.07, 6.45) is 1.88. The van der Waals surface area contributed by atoms with Crippen LogP contribution in [0.3, 0.4) is 0 Å². The molecule has 1 unspecified atom stereocenters. The van der Waals surface area contributed by atoms with Gasteiger partial charge >= 0.3 is 0 Å². The molecule has 0 aromatic rings. The van der Waals surface area contributed by atoms with E-state index in [1.165, 1.54) is 0 Å². The van der Waals surface area contributed by atoms with Crippen LogP contribution >= 0.6 is 0 Å². The Labute approximate surface area is 73.7 Å². The lowest BCUT2D eigenvalue weighted by molar-refractivity contribution is -0.118. The van der Waals surface area contributed by atoms with Crippen LogP contribution < -0.4 is 0 Å². The lowest BCUT2D eigenvalue weighted by Crippen LogP contribution is -2.23. The van der Waals surface area contributed by atoms with E-state index in [0.717, 1.165) is 12.8 Å². The fourth-order valence-corrected chi connectivity index (χ4v) is 1.28. The second kappa shape index (κ2) is 5.89. The molecule has 0 spiro atoms. The van der Waals surface area contributed by atoms with Crippen LogP contribution in [0.2, 0.25) is 0 Å². The summed E-state index contributed by atoms with van der Waals surface area (Å²) >= 11 is 0. The first-order valence-electron chi connectivity index (χ1n) is 4.14. The number of Topliss-reactive ketones (excluding diaryl/α,β-unsaturated/α-hetero) is 1. The quantitative estimate of drug-likeness (QED) is 0.553. The van der Waals surface area contributed by atoms with Gasteiger partial charge in [0.05, 0.1) is 0 Å². The highest BCUT2D eigenvalue weighted by molar-refractivity contribution is 5.76. The predicted octanol–water partition coefficient (Wildman–Crippen LogP) is 0.732. The van der Waals surface area contributed by atoms with Gasteiger partial charge in [-0.05, 0) is 26.9 Å². The van der Waals surface area contributed by atoms with Crippen LogP contribution in [-0.4, -0.2) is 37.6 Å². The van der Waals surface area contributed by atoms with E-state index >= 15 is 0 Å². The zero-order valence-corrected chi connectivity index (χ0v) is 8.04. The van der Waals surface area contributed by atoms with E-state index in [1.807, 2.05) is 19.0 Å². The van der Waals surface area contributed by atoms with Gasteiger partial charge in [-0.1, -0.05) is 0 Å². The molecule has 12 heavy (non-hydrogen) atoms. The van der Waals surface area contributed by atoms with E-state index in [4.69, 9.17) is 0 Å². The fraction of sp³-hybridized carbons (Fsp3) is 0.778. The summed E-state index contributed by atoms with van der Waals surface area (Å²) in [5, 5.41) is 0. The van der Waals surface area contributed by atoms with E-state index in [-0.39, 0.29) is 11.7 Å². The smallest absolute Gasteiger partial charge is 0.130 e. The highest BCUT2D eigenvalue weighted by Crippen LogP contribution is 2.08. The Balaban J connectivity index is 3.85. The third kappa shape index (κ3) is 6.04. The van der Waals surface area contributed by atoms with Crippen molar-refractivity contribution in [3.05, 3.63) is 0 Å². The Morgan fingerprint density at radius 1 is 1.50 bits per heavy atom. The minimum Gasteiger partial charge on any atom is -0.309 e. The second-order valence-electron chi connectivity index (χ2n) is 3.44. The van der Waals surface area contributed by atoms with Crippen LogP contribution in [0.15, 0.2) is 0 Å². The number of carbonyl (C=O) groups is 2. The van der Waals surface area contributed by atoms with E-state index in [2.05, 4.69) is 0 Å². The first-order chi connectivity index (χ1) is 5.56. The number of ketones is 1. The number of nitrogens with zero attached hydrogens (tertiary/aromatic N) is 1. The molecule has 70 valence electrons. The van der Waals surface area contributed by atoms with Crippen molar-refractivity contribution >= 4 is 12.1 Å². The number of hydrogen-bond donors (Lipinski definition) is 0. The molecule has 0 fully saturated rings. The Kier molecular flexibility index (Phi) is 5.54. The molecule has 3 nitrogen and oxygen atoms in total. The van der Waals surface area contributed by atoms with E-state index < -0.39 is 0 Å². The molecule has 0 heterocycles. The number of aldehydes is 1. The lowest BCUT2D eigenvalue weighted by atomic mass is 10.00. The summed E-state index contributed by atoms with van der Waals surface area (Å²) in [6.45, 7) is 2.37. The summed E-state index contributed by atoms with van der Waals surface area (Å²) in [4.78, 5) is 23.0. The van der Waals surface area contributed by atoms with Crippen molar-refractivity contribution in [2.75, 3.05) is 20.6 Å². The minimum atomic E-state index is 0.156. The molecule has 0 N–H and O–H groups in total. The Bertz CT molecular complexity index is 155. The molecule has 3 heteroatoms. The van der Waals surface area contributed by atoms with E-state index in [0.29, 0.717) is 12.8 Å². The van der Waals surface area contributed by atoms with E-state index in [9.17, 15) is 9.59 Å². The van der Waals surface area contributed by atoms with Gasteiger partial charge in [0.25, 0.3) is 0 Å². The molecule has 0 radical (unpaired) electrons. The monoisotopic (exact) mass is 171 g/mol. The molecular weight excluding hydrogens is 154 g/mol. The van der Waals surface area contributed by atoms with Gasteiger partial charge in [-0.25, -0.2) is 0 Å². The van der Waals surface area contributed by atoms with Crippen LogP contribution in [-0.2, 0) is 9.59 Å². The topological polar surface area (TPSA) is 37.4 Å². The number of hydrogen-bond acceptors (Lipinski definition) is 3.